The normalized spacial score (nSPS) is 10.8. The van der Waals surface area contributed by atoms with Gasteiger partial charge in [-0.1, -0.05) is 42.5 Å². The molecule has 0 aliphatic rings. The molecule has 0 fully saturated rings. The van der Waals surface area contributed by atoms with E-state index in [1.165, 1.54) is 0 Å². The van der Waals surface area contributed by atoms with Gasteiger partial charge < -0.3 is 19.5 Å². The van der Waals surface area contributed by atoms with Crippen LogP contribution in [0.15, 0.2) is 66.4 Å². The van der Waals surface area contributed by atoms with Crippen LogP contribution in [0.25, 0.3) is 0 Å². The summed E-state index contributed by atoms with van der Waals surface area (Å²) in [6.45, 7) is 4.15. The Bertz CT molecular complexity index is 786. The number of carbonyl (C=O) groups is 2. The molecule has 0 amide bonds. The Labute approximate surface area is 158 Å². The molecule has 6 nitrogen and oxygen atoms in total. The molecule has 0 atom stereocenters. The van der Waals surface area contributed by atoms with Gasteiger partial charge >= 0.3 is 11.9 Å². The fourth-order valence-electron chi connectivity index (χ4n) is 2.23. The minimum atomic E-state index is -0.650. The van der Waals surface area contributed by atoms with Gasteiger partial charge in [0.05, 0.1) is 25.0 Å². The Kier molecular flexibility index (Phi) is 7.91. The predicted molar refractivity (Wildman–Crippen MR) is 102 cm³/mol. The molecule has 0 bridgehead atoms. The molecule has 142 valence electrons. The van der Waals surface area contributed by atoms with Gasteiger partial charge in [-0.15, -0.1) is 0 Å². The number of nitrogens with one attached hydrogen (secondary N) is 1. The molecule has 2 aromatic carbocycles. The highest BCUT2D eigenvalue weighted by atomic mass is 16.5. The van der Waals surface area contributed by atoms with Crippen LogP contribution in [0.4, 0.5) is 5.69 Å². The summed E-state index contributed by atoms with van der Waals surface area (Å²) < 4.78 is 15.7. The van der Waals surface area contributed by atoms with E-state index in [9.17, 15) is 9.59 Å². The van der Waals surface area contributed by atoms with Crippen LogP contribution in [0.1, 0.15) is 19.4 Å². The Morgan fingerprint density at radius 2 is 1.59 bits per heavy atom. The van der Waals surface area contributed by atoms with Crippen molar-refractivity contribution in [2.45, 2.75) is 20.5 Å². The lowest BCUT2D eigenvalue weighted by molar-refractivity contribution is -0.140. The van der Waals surface area contributed by atoms with Gasteiger partial charge in [0.1, 0.15) is 18.1 Å². The number of ether oxygens (including phenoxy) is 3. The van der Waals surface area contributed by atoms with Crippen molar-refractivity contribution >= 4 is 17.6 Å². The zero-order valence-electron chi connectivity index (χ0n) is 15.4. The van der Waals surface area contributed by atoms with Gasteiger partial charge in [-0.25, -0.2) is 9.59 Å². The molecule has 0 saturated heterocycles. The third kappa shape index (κ3) is 6.51. The van der Waals surface area contributed by atoms with Gasteiger partial charge in [0.2, 0.25) is 0 Å². The van der Waals surface area contributed by atoms with Gasteiger partial charge in [0, 0.05) is 0 Å². The molecule has 0 heterocycles. The molecule has 0 unspecified atom stereocenters. The van der Waals surface area contributed by atoms with E-state index in [0.29, 0.717) is 18.0 Å². The maximum Gasteiger partial charge on any atom is 0.355 e. The maximum absolute atomic E-state index is 12.2. The number of rotatable bonds is 9. The summed E-state index contributed by atoms with van der Waals surface area (Å²) in [7, 11) is 0. The van der Waals surface area contributed by atoms with E-state index in [-0.39, 0.29) is 18.9 Å². The van der Waals surface area contributed by atoms with Gasteiger partial charge in [0.15, 0.2) is 0 Å². The number of hydrogen-bond acceptors (Lipinski definition) is 6. The third-order valence-corrected chi connectivity index (χ3v) is 3.44. The molecule has 0 aromatic heterocycles. The summed E-state index contributed by atoms with van der Waals surface area (Å²) in [6.07, 6.45) is 1.08. The fraction of sp³-hybridized carbons (Fsp3) is 0.238. The lowest BCUT2D eigenvalue weighted by Gasteiger charge is -2.15. The number of hydrogen-bond donors (Lipinski definition) is 1. The van der Waals surface area contributed by atoms with E-state index in [1.54, 1.807) is 32.0 Å². The van der Waals surface area contributed by atoms with E-state index in [0.717, 1.165) is 11.6 Å². The van der Waals surface area contributed by atoms with Crippen LogP contribution < -0.4 is 10.1 Å². The highest BCUT2D eigenvalue weighted by Crippen LogP contribution is 2.26. The van der Waals surface area contributed by atoms with E-state index < -0.39 is 11.9 Å². The number of carbonyl (C=O) groups excluding carboxylic acids is 2. The molecular formula is C21H23NO5. The third-order valence-electron chi connectivity index (χ3n) is 3.44. The summed E-state index contributed by atoms with van der Waals surface area (Å²) >= 11 is 0. The second-order valence-electron chi connectivity index (χ2n) is 5.43. The average Bonchev–Trinajstić information content (AvgIpc) is 2.68. The minimum Gasteiger partial charge on any atom is -0.487 e. The minimum absolute atomic E-state index is 0.0222. The molecule has 1 N–H and O–H groups in total. The molecule has 0 saturated carbocycles. The quantitative estimate of drug-likeness (QED) is 0.537. The van der Waals surface area contributed by atoms with Crippen LogP contribution in [0.5, 0.6) is 5.75 Å². The van der Waals surface area contributed by atoms with Gasteiger partial charge in [-0.2, -0.15) is 0 Å². The van der Waals surface area contributed by atoms with E-state index in [4.69, 9.17) is 14.2 Å². The van der Waals surface area contributed by atoms with Crippen molar-refractivity contribution in [1.82, 2.24) is 0 Å². The topological polar surface area (TPSA) is 73.9 Å². The van der Waals surface area contributed by atoms with Crippen LogP contribution in [0.3, 0.4) is 0 Å². The van der Waals surface area contributed by atoms with E-state index >= 15 is 0 Å². The summed E-state index contributed by atoms with van der Waals surface area (Å²) in [4.78, 5) is 23.9. The lowest BCUT2D eigenvalue weighted by atomic mass is 10.2. The largest absolute Gasteiger partial charge is 0.487 e. The van der Waals surface area contributed by atoms with Crippen molar-refractivity contribution in [1.29, 1.82) is 0 Å². The maximum atomic E-state index is 12.2. The molecule has 2 rings (SSSR count). The molecule has 0 spiro atoms. The number of para-hydroxylation sites is 2. The van der Waals surface area contributed by atoms with Crippen molar-refractivity contribution in [2.75, 3.05) is 18.5 Å². The highest BCUT2D eigenvalue weighted by molar-refractivity contribution is 5.99. The lowest BCUT2D eigenvalue weighted by Crippen LogP contribution is -2.17. The zero-order valence-corrected chi connectivity index (χ0v) is 15.4. The van der Waals surface area contributed by atoms with Crippen molar-refractivity contribution in [3.05, 3.63) is 71.9 Å². The molecule has 0 aliphatic heterocycles. The van der Waals surface area contributed by atoms with Gasteiger partial charge in [-0.05, 0) is 31.5 Å². The van der Waals surface area contributed by atoms with Crippen molar-refractivity contribution in [3.63, 3.8) is 0 Å². The van der Waals surface area contributed by atoms with E-state index in [2.05, 4.69) is 5.32 Å². The monoisotopic (exact) mass is 369 g/mol. The SMILES string of the molecule is CCOC(=O)/C=C(/Nc1ccccc1OCc1ccccc1)C(=O)OCC. The van der Waals surface area contributed by atoms with Crippen molar-refractivity contribution < 1.29 is 23.8 Å². The smallest absolute Gasteiger partial charge is 0.355 e. The molecule has 27 heavy (non-hydrogen) atoms. The second-order valence-corrected chi connectivity index (χ2v) is 5.43. The Morgan fingerprint density at radius 3 is 2.30 bits per heavy atom. The summed E-state index contributed by atoms with van der Waals surface area (Å²) in [5, 5.41) is 2.92. The molecule has 0 radical (unpaired) electrons. The van der Waals surface area contributed by atoms with Gasteiger partial charge in [-0.3, -0.25) is 0 Å². The zero-order chi connectivity index (χ0) is 19.5. The van der Waals surface area contributed by atoms with Gasteiger partial charge in [0.25, 0.3) is 0 Å². The predicted octanol–water partition coefficient (Wildman–Crippen LogP) is 3.69. The first-order valence-corrected chi connectivity index (χ1v) is 8.72. The Balaban J connectivity index is 2.19. The first kappa shape index (κ1) is 20.0. The number of benzene rings is 2. The Hall–Kier alpha value is -3.28. The van der Waals surface area contributed by atoms with Crippen LogP contribution in [0.2, 0.25) is 0 Å². The molecule has 0 aliphatic carbocycles. The molecule has 2 aromatic rings. The molecular weight excluding hydrogens is 346 g/mol. The standard InChI is InChI=1S/C21H23NO5/c1-3-25-20(23)14-18(21(24)26-4-2)22-17-12-8-9-13-19(17)27-15-16-10-6-5-7-11-16/h5-14,22H,3-4,15H2,1-2H3/b18-14+. The highest BCUT2D eigenvalue weighted by Gasteiger charge is 2.16. The second kappa shape index (κ2) is 10.7. The summed E-state index contributed by atoms with van der Waals surface area (Å²) in [6, 6.07) is 16.9. The van der Waals surface area contributed by atoms with Crippen LogP contribution in [-0.2, 0) is 25.7 Å². The first-order chi connectivity index (χ1) is 13.1. The number of esters is 2. The Morgan fingerprint density at radius 1 is 0.926 bits per heavy atom. The van der Waals surface area contributed by atoms with Crippen LogP contribution in [-0.4, -0.2) is 25.2 Å². The van der Waals surface area contributed by atoms with E-state index in [1.807, 2.05) is 36.4 Å². The van der Waals surface area contributed by atoms with Crippen LogP contribution in [0, 0.1) is 0 Å². The summed E-state index contributed by atoms with van der Waals surface area (Å²) in [5.41, 5.74) is 1.53. The first-order valence-electron chi connectivity index (χ1n) is 8.72. The average molecular weight is 369 g/mol. The van der Waals surface area contributed by atoms with Crippen molar-refractivity contribution in [3.8, 4) is 5.75 Å². The fourth-order valence-corrected chi connectivity index (χ4v) is 2.23. The van der Waals surface area contributed by atoms with Crippen molar-refractivity contribution in [2.24, 2.45) is 0 Å². The number of anilines is 1. The summed E-state index contributed by atoms with van der Waals surface area (Å²) in [5.74, 6) is -0.737. The van der Waals surface area contributed by atoms with Crippen LogP contribution >= 0.6 is 0 Å². The molecule has 6 heteroatoms.